The van der Waals surface area contributed by atoms with Crippen molar-refractivity contribution in [2.45, 2.75) is 20.0 Å². The molecule has 2 heterocycles. The molecule has 34 heavy (non-hydrogen) atoms. The minimum atomic E-state index is -0.530. The van der Waals surface area contributed by atoms with Crippen molar-refractivity contribution < 1.29 is 9.84 Å². The summed E-state index contributed by atoms with van der Waals surface area (Å²) in [5.74, 6) is 0.747. The van der Waals surface area contributed by atoms with E-state index in [1.807, 2.05) is 36.4 Å². The van der Waals surface area contributed by atoms with E-state index in [2.05, 4.69) is 54.0 Å². The summed E-state index contributed by atoms with van der Waals surface area (Å²) in [5, 5.41) is 11.6. The number of anilines is 1. The second kappa shape index (κ2) is 10.1. The number of rotatable bonds is 7. The van der Waals surface area contributed by atoms with E-state index in [9.17, 15) is 5.11 Å². The molecule has 1 aliphatic heterocycles. The van der Waals surface area contributed by atoms with Crippen LogP contribution in [0.1, 0.15) is 11.1 Å². The second-order valence-electron chi connectivity index (χ2n) is 9.01. The van der Waals surface area contributed by atoms with Crippen molar-refractivity contribution in [1.82, 2.24) is 9.88 Å². The van der Waals surface area contributed by atoms with E-state index in [1.165, 1.54) is 16.8 Å². The Kier molecular flexibility index (Phi) is 6.81. The molecular formula is C28H31N3O2S. The minimum absolute atomic E-state index is 0.276. The van der Waals surface area contributed by atoms with Gasteiger partial charge in [0.2, 0.25) is 0 Å². The van der Waals surface area contributed by atoms with Gasteiger partial charge in [0.25, 0.3) is 0 Å². The van der Waals surface area contributed by atoms with Crippen LogP contribution in [0.5, 0.6) is 5.75 Å². The molecule has 1 saturated heterocycles. The maximum absolute atomic E-state index is 10.6. The summed E-state index contributed by atoms with van der Waals surface area (Å²) in [6.07, 6.45) is -0.530. The molecule has 0 saturated carbocycles. The molecule has 5 rings (SSSR count). The maximum Gasteiger partial charge on any atom is 0.124 e. The molecular weight excluding hydrogens is 442 g/mol. The molecule has 1 unspecified atom stereocenters. The third kappa shape index (κ3) is 5.09. The molecule has 1 N–H and O–H groups in total. The summed E-state index contributed by atoms with van der Waals surface area (Å²) in [4.78, 5) is 9.57. The van der Waals surface area contributed by atoms with Gasteiger partial charge in [-0.05, 0) is 37.1 Å². The van der Waals surface area contributed by atoms with Crippen LogP contribution in [0.3, 0.4) is 0 Å². The molecule has 176 valence electrons. The van der Waals surface area contributed by atoms with Gasteiger partial charge < -0.3 is 14.7 Å². The number of aromatic nitrogens is 1. The predicted molar refractivity (Wildman–Crippen MR) is 141 cm³/mol. The fourth-order valence-corrected chi connectivity index (χ4v) is 5.65. The summed E-state index contributed by atoms with van der Waals surface area (Å²) in [6, 6.07) is 22.7. The molecule has 1 aliphatic rings. The fourth-order valence-electron chi connectivity index (χ4n) is 4.70. The molecule has 3 aromatic carbocycles. The van der Waals surface area contributed by atoms with Crippen LogP contribution in [-0.4, -0.2) is 60.4 Å². The molecule has 0 aliphatic carbocycles. The highest BCUT2D eigenvalue weighted by Crippen LogP contribution is 2.32. The number of benzene rings is 3. The smallest absolute Gasteiger partial charge is 0.124 e. The van der Waals surface area contributed by atoms with Gasteiger partial charge in [-0.15, -0.1) is 11.3 Å². The lowest BCUT2D eigenvalue weighted by Gasteiger charge is -2.38. The number of hydrogen-bond acceptors (Lipinski definition) is 6. The van der Waals surface area contributed by atoms with E-state index >= 15 is 0 Å². The number of para-hydroxylation sites is 1. The fraction of sp³-hybridized carbons (Fsp3) is 0.321. The van der Waals surface area contributed by atoms with Crippen LogP contribution in [0.2, 0.25) is 0 Å². The van der Waals surface area contributed by atoms with Gasteiger partial charge >= 0.3 is 0 Å². The van der Waals surface area contributed by atoms with Gasteiger partial charge in [-0.3, -0.25) is 4.90 Å². The van der Waals surface area contributed by atoms with E-state index in [0.29, 0.717) is 6.54 Å². The lowest BCUT2D eigenvalue weighted by Crippen LogP contribution is -2.49. The first kappa shape index (κ1) is 22.8. The van der Waals surface area contributed by atoms with E-state index < -0.39 is 6.10 Å². The second-order valence-corrected chi connectivity index (χ2v) is 10.0. The molecule has 0 bridgehead atoms. The Morgan fingerprint density at radius 2 is 1.68 bits per heavy atom. The topological polar surface area (TPSA) is 48.8 Å². The number of β-amino-alcohol motifs (C(OH)–C–C–N with tert-alkyl or cyclic N) is 1. The highest BCUT2D eigenvalue weighted by Gasteiger charge is 2.21. The van der Waals surface area contributed by atoms with Crippen LogP contribution in [-0.2, 0) is 0 Å². The summed E-state index contributed by atoms with van der Waals surface area (Å²) >= 11 is 1.68. The standard InChI is InChI=1S/C28H31N3O2S/c1-20-7-6-8-21(2)27(20)31-15-13-30(14-16-31)18-23(32)19-33-24-11-12-26-25(17-24)29-28(34-26)22-9-4-3-5-10-22/h3-12,17,23,32H,13-16,18-19H2,1-2H3. The number of piperazine rings is 1. The number of nitrogens with zero attached hydrogens (tertiary/aromatic N) is 3. The number of ether oxygens (including phenoxy) is 1. The van der Waals surface area contributed by atoms with Gasteiger partial charge in [-0.2, -0.15) is 0 Å². The lowest BCUT2D eigenvalue weighted by atomic mass is 10.1. The zero-order valence-electron chi connectivity index (χ0n) is 19.8. The monoisotopic (exact) mass is 473 g/mol. The average Bonchev–Trinajstić information content (AvgIpc) is 3.28. The zero-order valence-corrected chi connectivity index (χ0v) is 20.6. The van der Waals surface area contributed by atoms with Crippen molar-refractivity contribution in [3.63, 3.8) is 0 Å². The van der Waals surface area contributed by atoms with Gasteiger partial charge in [0, 0.05) is 50.0 Å². The van der Waals surface area contributed by atoms with Crippen molar-refractivity contribution >= 4 is 27.2 Å². The Morgan fingerprint density at radius 1 is 0.941 bits per heavy atom. The summed E-state index contributed by atoms with van der Waals surface area (Å²) in [6.45, 7) is 9.10. The van der Waals surface area contributed by atoms with E-state index in [4.69, 9.17) is 9.72 Å². The zero-order chi connectivity index (χ0) is 23.5. The van der Waals surface area contributed by atoms with E-state index in [1.54, 1.807) is 11.3 Å². The Balaban J connectivity index is 1.13. The van der Waals surface area contributed by atoms with Crippen molar-refractivity contribution in [3.8, 4) is 16.3 Å². The van der Waals surface area contributed by atoms with Crippen LogP contribution in [0, 0.1) is 13.8 Å². The first-order chi connectivity index (χ1) is 16.6. The maximum atomic E-state index is 10.6. The summed E-state index contributed by atoms with van der Waals surface area (Å²) in [7, 11) is 0. The van der Waals surface area contributed by atoms with Crippen LogP contribution in [0.25, 0.3) is 20.8 Å². The van der Waals surface area contributed by atoms with Gasteiger partial charge in [-0.1, -0.05) is 48.5 Å². The first-order valence-electron chi connectivity index (χ1n) is 11.9. The molecule has 0 spiro atoms. The van der Waals surface area contributed by atoms with Gasteiger partial charge in [0.1, 0.15) is 23.5 Å². The Morgan fingerprint density at radius 3 is 2.41 bits per heavy atom. The number of aryl methyl sites for hydroxylation is 2. The third-order valence-corrected chi connectivity index (χ3v) is 7.50. The molecule has 6 heteroatoms. The van der Waals surface area contributed by atoms with Crippen molar-refractivity contribution in [1.29, 1.82) is 0 Å². The number of aliphatic hydroxyl groups is 1. The largest absolute Gasteiger partial charge is 0.491 e. The lowest BCUT2D eigenvalue weighted by molar-refractivity contribution is 0.0663. The Bertz CT molecular complexity index is 1230. The first-order valence-corrected chi connectivity index (χ1v) is 12.7. The highest BCUT2D eigenvalue weighted by atomic mass is 32.1. The summed E-state index contributed by atoms with van der Waals surface area (Å²) in [5.41, 5.74) is 6.07. The van der Waals surface area contributed by atoms with Crippen LogP contribution in [0.15, 0.2) is 66.7 Å². The molecule has 4 aromatic rings. The van der Waals surface area contributed by atoms with Crippen molar-refractivity contribution in [2.24, 2.45) is 0 Å². The van der Waals surface area contributed by atoms with Gasteiger partial charge in [-0.25, -0.2) is 4.98 Å². The average molecular weight is 474 g/mol. The minimum Gasteiger partial charge on any atom is -0.491 e. The van der Waals surface area contributed by atoms with E-state index in [0.717, 1.165) is 52.7 Å². The van der Waals surface area contributed by atoms with Gasteiger partial charge in [0.05, 0.1) is 10.2 Å². The van der Waals surface area contributed by atoms with Crippen molar-refractivity contribution in [2.75, 3.05) is 44.2 Å². The molecule has 0 radical (unpaired) electrons. The molecule has 1 atom stereocenters. The molecule has 1 aromatic heterocycles. The van der Waals surface area contributed by atoms with Crippen LogP contribution >= 0.6 is 11.3 Å². The SMILES string of the molecule is Cc1cccc(C)c1N1CCN(CC(O)COc2ccc3sc(-c4ccccc4)nc3c2)CC1. The Labute approximate surface area is 205 Å². The predicted octanol–water partition coefficient (Wildman–Crippen LogP) is 5.14. The highest BCUT2D eigenvalue weighted by molar-refractivity contribution is 7.21. The number of fused-ring (bicyclic) bond motifs is 1. The van der Waals surface area contributed by atoms with Crippen LogP contribution < -0.4 is 9.64 Å². The van der Waals surface area contributed by atoms with Gasteiger partial charge in [0.15, 0.2) is 0 Å². The van der Waals surface area contributed by atoms with Crippen molar-refractivity contribution in [3.05, 3.63) is 77.9 Å². The number of hydrogen-bond donors (Lipinski definition) is 1. The normalized spacial score (nSPS) is 15.6. The number of thiazole rings is 1. The van der Waals surface area contributed by atoms with Crippen LogP contribution in [0.4, 0.5) is 5.69 Å². The molecule has 0 amide bonds. The Hall–Kier alpha value is -2.93. The quantitative estimate of drug-likeness (QED) is 0.403. The van der Waals surface area contributed by atoms with E-state index in [-0.39, 0.29) is 6.61 Å². The molecule has 5 nitrogen and oxygen atoms in total. The number of aliphatic hydroxyl groups excluding tert-OH is 1. The third-order valence-electron chi connectivity index (χ3n) is 6.42. The molecule has 1 fully saturated rings. The summed E-state index contributed by atoms with van der Waals surface area (Å²) < 4.78 is 7.06.